The van der Waals surface area contributed by atoms with E-state index in [4.69, 9.17) is 4.42 Å². The molecule has 1 aromatic heterocycles. The second-order valence-electron chi connectivity index (χ2n) is 5.70. The Morgan fingerprint density at radius 1 is 1.41 bits per heavy atom. The molecule has 4 atom stereocenters. The summed E-state index contributed by atoms with van der Waals surface area (Å²) in [4.78, 5) is 4.29. The molecule has 3 heteroatoms. The minimum atomic E-state index is 0.213. The summed E-state index contributed by atoms with van der Waals surface area (Å²) < 4.78 is 5.57. The van der Waals surface area contributed by atoms with E-state index in [1.807, 2.05) is 6.92 Å². The van der Waals surface area contributed by atoms with Crippen molar-refractivity contribution in [1.29, 1.82) is 0 Å². The van der Waals surface area contributed by atoms with E-state index >= 15 is 0 Å². The number of aryl methyl sites for hydroxylation is 1. The summed E-state index contributed by atoms with van der Waals surface area (Å²) in [5.41, 5.74) is 0. The van der Waals surface area contributed by atoms with Gasteiger partial charge in [-0.2, -0.15) is 0 Å². The number of nitrogens with zero attached hydrogens (tertiary/aromatic N) is 1. The van der Waals surface area contributed by atoms with Crippen LogP contribution in [0.4, 0.5) is 0 Å². The minimum absolute atomic E-state index is 0.213. The zero-order valence-electron chi connectivity index (χ0n) is 11.4. The van der Waals surface area contributed by atoms with Gasteiger partial charge in [-0.15, -0.1) is 0 Å². The largest absolute Gasteiger partial charge is 0.444 e. The molecule has 1 fully saturated rings. The second kappa shape index (κ2) is 5.21. The quantitative estimate of drug-likeness (QED) is 0.873. The number of aromatic nitrogens is 1. The van der Waals surface area contributed by atoms with Crippen molar-refractivity contribution in [3.05, 3.63) is 17.8 Å². The van der Waals surface area contributed by atoms with Crippen LogP contribution in [-0.4, -0.2) is 11.0 Å². The molecule has 0 saturated heterocycles. The molecule has 0 amide bonds. The van der Waals surface area contributed by atoms with Gasteiger partial charge in [0.05, 0.1) is 12.2 Å². The molecule has 3 nitrogen and oxygen atoms in total. The van der Waals surface area contributed by atoms with Gasteiger partial charge >= 0.3 is 0 Å². The summed E-state index contributed by atoms with van der Waals surface area (Å²) in [5.74, 6) is 3.33. The third-order valence-electron chi connectivity index (χ3n) is 3.91. The highest BCUT2D eigenvalue weighted by Gasteiger charge is 2.27. The first kappa shape index (κ1) is 12.6. The molecule has 1 saturated carbocycles. The summed E-state index contributed by atoms with van der Waals surface area (Å²) in [6, 6.07) is 0.818. The molecular weight excluding hydrogens is 212 g/mol. The number of nitrogens with one attached hydrogen (secondary N) is 1. The summed E-state index contributed by atoms with van der Waals surface area (Å²) in [6.07, 6.45) is 5.72. The molecule has 96 valence electrons. The van der Waals surface area contributed by atoms with Gasteiger partial charge in [-0.25, -0.2) is 4.98 Å². The van der Waals surface area contributed by atoms with Gasteiger partial charge in [-0.3, -0.25) is 0 Å². The van der Waals surface area contributed by atoms with E-state index < -0.39 is 0 Å². The van der Waals surface area contributed by atoms with Crippen molar-refractivity contribution in [2.75, 3.05) is 0 Å². The molecule has 0 bridgehead atoms. The van der Waals surface area contributed by atoms with Crippen molar-refractivity contribution in [3.63, 3.8) is 0 Å². The number of rotatable bonds is 3. The lowest BCUT2D eigenvalue weighted by molar-refractivity contribution is 0.208. The van der Waals surface area contributed by atoms with Crippen molar-refractivity contribution >= 4 is 0 Å². The van der Waals surface area contributed by atoms with E-state index in [1.165, 1.54) is 19.3 Å². The highest BCUT2D eigenvalue weighted by molar-refractivity contribution is 4.96. The number of hydrogen-bond donors (Lipinski definition) is 1. The van der Waals surface area contributed by atoms with Crippen molar-refractivity contribution in [2.45, 2.75) is 59.0 Å². The Morgan fingerprint density at radius 3 is 2.76 bits per heavy atom. The smallest absolute Gasteiger partial charge is 0.211 e. The number of oxazole rings is 1. The van der Waals surface area contributed by atoms with Gasteiger partial charge in [0.15, 0.2) is 0 Å². The van der Waals surface area contributed by atoms with E-state index in [-0.39, 0.29) is 6.04 Å². The topological polar surface area (TPSA) is 38.1 Å². The molecule has 0 aromatic carbocycles. The highest BCUT2D eigenvalue weighted by atomic mass is 16.4. The van der Waals surface area contributed by atoms with Gasteiger partial charge in [-0.05, 0) is 44.9 Å². The van der Waals surface area contributed by atoms with Crippen LogP contribution < -0.4 is 5.32 Å². The van der Waals surface area contributed by atoms with Gasteiger partial charge in [-0.1, -0.05) is 13.8 Å². The first-order chi connectivity index (χ1) is 8.06. The molecule has 1 aromatic rings. The zero-order chi connectivity index (χ0) is 12.4. The van der Waals surface area contributed by atoms with Crippen LogP contribution in [0, 0.1) is 18.8 Å². The molecule has 1 aliphatic carbocycles. The lowest BCUT2D eigenvalue weighted by atomic mass is 9.79. The first-order valence-electron chi connectivity index (χ1n) is 6.74. The maximum absolute atomic E-state index is 5.57. The maximum atomic E-state index is 5.57. The Balaban J connectivity index is 1.92. The predicted octanol–water partition coefficient (Wildman–Crippen LogP) is 3.46. The Hall–Kier alpha value is -0.830. The van der Waals surface area contributed by atoms with Crippen LogP contribution in [0.2, 0.25) is 0 Å². The summed E-state index contributed by atoms with van der Waals surface area (Å²) >= 11 is 0. The Morgan fingerprint density at radius 2 is 2.18 bits per heavy atom. The Kier molecular flexibility index (Phi) is 3.87. The second-order valence-corrected chi connectivity index (χ2v) is 5.70. The van der Waals surface area contributed by atoms with Crippen LogP contribution in [0.15, 0.2) is 10.6 Å². The van der Waals surface area contributed by atoms with Crippen LogP contribution in [-0.2, 0) is 0 Å². The van der Waals surface area contributed by atoms with Gasteiger partial charge in [0, 0.05) is 6.04 Å². The Bertz CT molecular complexity index is 361. The molecular formula is C14H24N2O. The van der Waals surface area contributed by atoms with E-state index in [9.17, 15) is 0 Å². The fourth-order valence-electron chi connectivity index (χ4n) is 2.88. The lowest BCUT2D eigenvalue weighted by Crippen LogP contribution is -2.40. The van der Waals surface area contributed by atoms with E-state index in [2.05, 4.69) is 31.1 Å². The van der Waals surface area contributed by atoms with E-state index in [0.29, 0.717) is 6.04 Å². The highest BCUT2D eigenvalue weighted by Crippen LogP contribution is 2.30. The maximum Gasteiger partial charge on any atom is 0.211 e. The summed E-state index contributed by atoms with van der Waals surface area (Å²) in [7, 11) is 0. The standard InChI is InChI=1S/C14H24N2O/c1-9-5-6-13(10(2)7-9)16-12(4)14-15-8-11(3)17-14/h8-10,12-13,16H,5-7H2,1-4H3. The van der Waals surface area contributed by atoms with E-state index in [1.54, 1.807) is 6.20 Å². The fourth-order valence-corrected chi connectivity index (χ4v) is 2.88. The first-order valence-corrected chi connectivity index (χ1v) is 6.74. The normalized spacial score (nSPS) is 31.4. The third-order valence-corrected chi connectivity index (χ3v) is 3.91. The van der Waals surface area contributed by atoms with Gasteiger partial charge in [0.1, 0.15) is 5.76 Å². The molecule has 0 spiro atoms. The van der Waals surface area contributed by atoms with Crippen LogP contribution in [0.1, 0.15) is 57.7 Å². The molecule has 1 heterocycles. The third kappa shape index (κ3) is 3.09. The summed E-state index contributed by atoms with van der Waals surface area (Å²) in [6.45, 7) is 8.78. The van der Waals surface area contributed by atoms with Crippen LogP contribution in [0.25, 0.3) is 0 Å². The molecule has 0 aliphatic heterocycles. The van der Waals surface area contributed by atoms with Crippen molar-refractivity contribution < 1.29 is 4.42 Å². The molecule has 1 N–H and O–H groups in total. The van der Waals surface area contributed by atoms with E-state index in [0.717, 1.165) is 23.5 Å². The molecule has 2 rings (SSSR count). The SMILES string of the molecule is Cc1cnc(C(C)NC2CCC(C)CC2C)o1. The van der Waals surface area contributed by atoms with Gasteiger partial charge in [0.25, 0.3) is 0 Å². The van der Waals surface area contributed by atoms with Crippen molar-refractivity contribution in [2.24, 2.45) is 11.8 Å². The lowest BCUT2D eigenvalue weighted by Gasteiger charge is -2.34. The van der Waals surface area contributed by atoms with Gasteiger partial charge < -0.3 is 9.73 Å². The van der Waals surface area contributed by atoms with Crippen LogP contribution in [0.3, 0.4) is 0 Å². The van der Waals surface area contributed by atoms with Crippen molar-refractivity contribution in [1.82, 2.24) is 10.3 Å². The average molecular weight is 236 g/mol. The molecule has 0 radical (unpaired) electrons. The molecule has 4 unspecified atom stereocenters. The zero-order valence-corrected chi connectivity index (χ0v) is 11.4. The summed E-state index contributed by atoms with van der Waals surface area (Å²) in [5, 5.41) is 3.66. The fraction of sp³-hybridized carbons (Fsp3) is 0.786. The Labute approximate surface area is 104 Å². The average Bonchev–Trinajstić information content (AvgIpc) is 2.69. The molecule has 17 heavy (non-hydrogen) atoms. The minimum Gasteiger partial charge on any atom is -0.444 e. The number of hydrogen-bond acceptors (Lipinski definition) is 3. The monoisotopic (exact) mass is 236 g/mol. The predicted molar refractivity (Wildman–Crippen MR) is 68.8 cm³/mol. The molecule has 1 aliphatic rings. The van der Waals surface area contributed by atoms with Crippen LogP contribution in [0.5, 0.6) is 0 Å². The van der Waals surface area contributed by atoms with Gasteiger partial charge in [0.2, 0.25) is 5.89 Å². The van der Waals surface area contributed by atoms with Crippen LogP contribution >= 0.6 is 0 Å². The van der Waals surface area contributed by atoms with Crippen molar-refractivity contribution in [3.8, 4) is 0 Å².